The SMILES string of the molecule is COc1c(F)cccc1Nc1c(-c2ccncc2OC[C@@H]2COCCN2C)[nH]c2c1C(=O)NCC2. The number of amides is 1. The Labute approximate surface area is 202 Å². The number of ether oxygens (including phenoxy) is 3. The molecule has 1 saturated heterocycles. The minimum Gasteiger partial charge on any atom is -0.492 e. The van der Waals surface area contributed by atoms with Crippen molar-refractivity contribution in [2.75, 3.05) is 52.4 Å². The fourth-order valence-corrected chi connectivity index (χ4v) is 4.46. The van der Waals surface area contributed by atoms with E-state index in [4.69, 9.17) is 14.2 Å². The Morgan fingerprint density at radius 3 is 3.06 bits per heavy atom. The number of nitrogens with one attached hydrogen (secondary N) is 3. The molecule has 1 fully saturated rings. The van der Waals surface area contributed by atoms with Crippen molar-refractivity contribution in [3.63, 3.8) is 0 Å². The minimum atomic E-state index is -0.500. The Kier molecular flexibility index (Phi) is 6.56. The van der Waals surface area contributed by atoms with Crippen LogP contribution in [0.25, 0.3) is 11.3 Å². The van der Waals surface area contributed by atoms with Crippen LogP contribution in [0, 0.1) is 5.82 Å². The van der Waals surface area contributed by atoms with Gasteiger partial charge in [0.05, 0.1) is 55.2 Å². The molecule has 2 aliphatic rings. The van der Waals surface area contributed by atoms with Crippen LogP contribution in [0.15, 0.2) is 36.7 Å². The second-order valence-corrected chi connectivity index (χ2v) is 8.57. The van der Waals surface area contributed by atoms with Gasteiger partial charge >= 0.3 is 0 Å². The molecule has 9 nitrogen and oxygen atoms in total. The normalized spacial score (nSPS) is 18.0. The van der Waals surface area contributed by atoms with Gasteiger partial charge in [0.2, 0.25) is 0 Å². The first-order chi connectivity index (χ1) is 17.1. The van der Waals surface area contributed by atoms with E-state index >= 15 is 0 Å². The molecule has 0 radical (unpaired) electrons. The molecule has 2 aromatic heterocycles. The first kappa shape index (κ1) is 23.1. The third-order valence-electron chi connectivity index (χ3n) is 6.40. The number of hydrogen-bond donors (Lipinski definition) is 3. The summed E-state index contributed by atoms with van der Waals surface area (Å²) in [6.07, 6.45) is 3.97. The summed E-state index contributed by atoms with van der Waals surface area (Å²) in [6.45, 7) is 3.10. The second-order valence-electron chi connectivity index (χ2n) is 8.57. The molecular formula is C25H28FN5O4. The lowest BCUT2D eigenvalue weighted by Crippen LogP contribution is -2.46. The number of para-hydroxylation sites is 1. The summed E-state index contributed by atoms with van der Waals surface area (Å²) in [5, 5.41) is 6.14. The number of anilines is 2. The van der Waals surface area contributed by atoms with E-state index in [1.165, 1.54) is 13.2 Å². The van der Waals surface area contributed by atoms with Gasteiger partial charge in [-0.25, -0.2) is 4.39 Å². The number of carbonyl (C=O) groups excluding carboxylic acids is 1. The number of halogens is 1. The maximum absolute atomic E-state index is 14.4. The zero-order valence-electron chi connectivity index (χ0n) is 19.7. The zero-order chi connectivity index (χ0) is 24.4. The number of likely N-dealkylation sites (N-methyl/N-ethyl adjacent to an activating group) is 1. The molecule has 0 saturated carbocycles. The van der Waals surface area contributed by atoms with Gasteiger partial charge < -0.3 is 29.8 Å². The van der Waals surface area contributed by atoms with Crippen molar-refractivity contribution in [1.29, 1.82) is 0 Å². The molecule has 0 unspecified atom stereocenters. The summed E-state index contributed by atoms with van der Waals surface area (Å²) in [4.78, 5) is 22.7. The lowest BCUT2D eigenvalue weighted by atomic mass is 10.0. The summed E-state index contributed by atoms with van der Waals surface area (Å²) in [5.41, 5.74) is 3.61. The van der Waals surface area contributed by atoms with Crippen molar-refractivity contribution in [2.24, 2.45) is 0 Å². The van der Waals surface area contributed by atoms with Crippen molar-refractivity contribution < 1.29 is 23.4 Å². The van der Waals surface area contributed by atoms with Gasteiger partial charge in [-0.15, -0.1) is 0 Å². The summed E-state index contributed by atoms with van der Waals surface area (Å²) in [7, 11) is 3.46. The van der Waals surface area contributed by atoms with Gasteiger partial charge in [-0.2, -0.15) is 0 Å². The topological polar surface area (TPSA) is 101 Å². The number of rotatable bonds is 7. The van der Waals surface area contributed by atoms with Gasteiger partial charge in [-0.05, 0) is 25.2 Å². The van der Waals surface area contributed by atoms with Crippen LogP contribution >= 0.6 is 0 Å². The average molecular weight is 482 g/mol. The molecule has 35 heavy (non-hydrogen) atoms. The van der Waals surface area contributed by atoms with E-state index < -0.39 is 5.82 Å². The molecule has 1 atom stereocenters. The second kappa shape index (κ2) is 9.93. The summed E-state index contributed by atoms with van der Waals surface area (Å²) in [5.74, 6) is -0.0697. The number of methoxy groups -OCH3 is 1. The van der Waals surface area contributed by atoms with Crippen LogP contribution in [0.3, 0.4) is 0 Å². The lowest BCUT2D eigenvalue weighted by Gasteiger charge is -2.32. The van der Waals surface area contributed by atoms with E-state index in [1.54, 1.807) is 24.5 Å². The first-order valence-electron chi connectivity index (χ1n) is 11.5. The number of aromatic nitrogens is 2. The van der Waals surface area contributed by atoms with Gasteiger partial charge in [-0.1, -0.05) is 6.07 Å². The molecule has 184 valence electrons. The van der Waals surface area contributed by atoms with Crippen LogP contribution in [0.5, 0.6) is 11.5 Å². The molecule has 0 aliphatic carbocycles. The molecule has 1 aromatic carbocycles. The zero-order valence-corrected chi connectivity index (χ0v) is 19.7. The van der Waals surface area contributed by atoms with Gasteiger partial charge in [0, 0.05) is 37.0 Å². The van der Waals surface area contributed by atoms with Crippen molar-refractivity contribution in [2.45, 2.75) is 12.5 Å². The van der Waals surface area contributed by atoms with Gasteiger partial charge in [0.1, 0.15) is 12.4 Å². The van der Waals surface area contributed by atoms with Crippen molar-refractivity contribution in [1.82, 2.24) is 20.2 Å². The highest BCUT2D eigenvalue weighted by atomic mass is 19.1. The highest BCUT2D eigenvalue weighted by molar-refractivity contribution is 6.06. The van der Waals surface area contributed by atoms with Crippen molar-refractivity contribution in [3.05, 3.63) is 53.7 Å². The van der Waals surface area contributed by atoms with E-state index in [1.807, 2.05) is 13.1 Å². The van der Waals surface area contributed by atoms with Crippen LogP contribution in [0.1, 0.15) is 16.1 Å². The number of nitrogens with zero attached hydrogens (tertiary/aromatic N) is 2. The number of benzene rings is 1. The summed E-state index contributed by atoms with van der Waals surface area (Å²) >= 11 is 0. The van der Waals surface area contributed by atoms with Crippen LogP contribution in [0.4, 0.5) is 15.8 Å². The maximum atomic E-state index is 14.4. The van der Waals surface area contributed by atoms with Crippen molar-refractivity contribution in [3.8, 4) is 22.8 Å². The monoisotopic (exact) mass is 481 g/mol. The molecule has 10 heteroatoms. The number of fused-ring (bicyclic) bond motifs is 1. The minimum absolute atomic E-state index is 0.0659. The van der Waals surface area contributed by atoms with Gasteiger partial charge in [-0.3, -0.25) is 14.7 Å². The molecule has 0 spiro atoms. The highest BCUT2D eigenvalue weighted by Crippen LogP contribution is 2.42. The standard InChI is InChI=1S/C25H28FN5O4/c1-31-10-11-34-13-15(31)14-35-20-12-27-8-6-16(20)22-23(21-18(29-22)7-9-28-25(21)32)30-19-5-3-4-17(26)24(19)33-2/h3-6,8,12,15,29-30H,7,9-11,13-14H2,1-2H3,(H,28,32)/t15-/m0/s1. The number of pyridine rings is 1. The summed E-state index contributed by atoms with van der Waals surface area (Å²) in [6, 6.07) is 6.57. The third kappa shape index (κ3) is 4.54. The largest absolute Gasteiger partial charge is 0.492 e. The van der Waals surface area contributed by atoms with E-state index in [0.29, 0.717) is 61.2 Å². The molecule has 3 aromatic rings. The van der Waals surface area contributed by atoms with E-state index in [9.17, 15) is 9.18 Å². The quantitative estimate of drug-likeness (QED) is 0.477. The third-order valence-corrected chi connectivity index (χ3v) is 6.40. The smallest absolute Gasteiger partial charge is 0.255 e. The van der Waals surface area contributed by atoms with E-state index in [2.05, 4.69) is 25.5 Å². The Morgan fingerprint density at radius 2 is 2.23 bits per heavy atom. The molecule has 4 heterocycles. The fraction of sp³-hybridized carbons (Fsp3) is 0.360. The van der Waals surface area contributed by atoms with Gasteiger partial charge in [0.15, 0.2) is 11.6 Å². The summed E-state index contributed by atoms with van der Waals surface area (Å²) < 4.78 is 31.5. The molecule has 2 aliphatic heterocycles. The van der Waals surface area contributed by atoms with E-state index in [0.717, 1.165) is 17.8 Å². The molecule has 5 rings (SSSR count). The number of carbonyl (C=O) groups is 1. The number of hydrogen-bond acceptors (Lipinski definition) is 7. The van der Waals surface area contributed by atoms with Crippen LogP contribution < -0.4 is 20.1 Å². The van der Waals surface area contributed by atoms with Crippen LogP contribution in [-0.2, 0) is 11.2 Å². The predicted octanol–water partition coefficient (Wildman–Crippen LogP) is 2.96. The molecule has 3 N–H and O–H groups in total. The van der Waals surface area contributed by atoms with E-state index in [-0.39, 0.29) is 17.7 Å². The molecule has 0 bridgehead atoms. The Balaban J connectivity index is 1.55. The van der Waals surface area contributed by atoms with Crippen LogP contribution in [0.2, 0.25) is 0 Å². The Morgan fingerprint density at radius 1 is 1.34 bits per heavy atom. The number of H-pyrrole nitrogens is 1. The molecule has 1 amide bonds. The fourth-order valence-electron chi connectivity index (χ4n) is 4.46. The average Bonchev–Trinajstić information content (AvgIpc) is 3.23. The number of morpholine rings is 1. The van der Waals surface area contributed by atoms with Crippen molar-refractivity contribution >= 4 is 17.3 Å². The van der Waals surface area contributed by atoms with Gasteiger partial charge in [0.25, 0.3) is 5.91 Å². The first-order valence-corrected chi connectivity index (χ1v) is 11.5. The Hall–Kier alpha value is -3.63. The number of aromatic amines is 1. The maximum Gasteiger partial charge on any atom is 0.255 e. The lowest BCUT2D eigenvalue weighted by molar-refractivity contribution is -0.0107. The predicted molar refractivity (Wildman–Crippen MR) is 129 cm³/mol. The van der Waals surface area contributed by atoms with Crippen LogP contribution in [-0.4, -0.2) is 73.9 Å². The molecular weight excluding hydrogens is 453 g/mol. The highest BCUT2D eigenvalue weighted by Gasteiger charge is 2.29. The Bertz CT molecular complexity index is 1230.